The Morgan fingerprint density at radius 3 is 2.62 bits per heavy atom. The molecule has 0 amide bonds. The molecule has 1 aromatic heterocycles. The summed E-state index contributed by atoms with van der Waals surface area (Å²) in [5, 5.41) is 5.23. The molecule has 4 nitrogen and oxygen atoms in total. The fourth-order valence-corrected chi connectivity index (χ4v) is 4.36. The Labute approximate surface area is 132 Å². The van der Waals surface area contributed by atoms with Crippen molar-refractivity contribution in [3.05, 3.63) is 16.3 Å². The maximum atomic E-state index is 12.5. The standard InChI is InChI=1S/C15H26N2O2S2/c1-11(15(2,3)4)9-17-21(18,19)14-7-8-20-13(14)10-16-12-5-6-12/h7-8,11-12,16-17H,5-6,9-10H2,1-4H3. The molecular weight excluding hydrogens is 304 g/mol. The van der Waals surface area contributed by atoms with E-state index in [1.54, 1.807) is 6.07 Å². The number of hydrogen-bond acceptors (Lipinski definition) is 4. The van der Waals surface area contributed by atoms with E-state index in [1.807, 2.05) is 5.38 Å². The number of nitrogens with one attached hydrogen (secondary N) is 2. The van der Waals surface area contributed by atoms with Crippen molar-refractivity contribution < 1.29 is 8.42 Å². The average Bonchev–Trinajstić information content (AvgIpc) is 3.08. The molecule has 0 aliphatic heterocycles. The van der Waals surface area contributed by atoms with Crippen molar-refractivity contribution in [1.82, 2.24) is 10.0 Å². The monoisotopic (exact) mass is 330 g/mol. The molecule has 1 saturated carbocycles. The van der Waals surface area contributed by atoms with Crippen LogP contribution in [0, 0.1) is 11.3 Å². The van der Waals surface area contributed by atoms with Crippen molar-refractivity contribution in [1.29, 1.82) is 0 Å². The molecule has 0 spiro atoms. The average molecular weight is 331 g/mol. The molecular formula is C15H26N2O2S2. The molecule has 1 fully saturated rings. The first-order valence-electron chi connectivity index (χ1n) is 7.49. The van der Waals surface area contributed by atoms with Gasteiger partial charge in [0.2, 0.25) is 10.0 Å². The zero-order valence-electron chi connectivity index (χ0n) is 13.3. The topological polar surface area (TPSA) is 58.2 Å². The third-order valence-electron chi connectivity index (χ3n) is 4.18. The predicted octanol–water partition coefficient (Wildman–Crippen LogP) is 2.96. The lowest BCUT2D eigenvalue weighted by Gasteiger charge is -2.27. The van der Waals surface area contributed by atoms with Crippen molar-refractivity contribution >= 4 is 21.4 Å². The maximum Gasteiger partial charge on any atom is 0.241 e. The van der Waals surface area contributed by atoms with Gasteiger partial charge in [0, 0.05) is 24.0 Å². The summed E-state index contributed by atoms with van der Waals surface area (Å²) in [6, 6.07) is 2.29. The molecule has 0 radical (unpaired) electrons. The number of sulfonamides is 1. The molecule has 1 aliphatic rings. The molecule has 21 heavy (non-hydrogen) atoms. The fourth-order valence-electron chi connectivity index (χ4n) is 1.84. The molecule has 1 atom stereocenters. The largest absolute Gasteiger partial charge is 0.309 e. The van der Waals surface area contributed by atoms with Crippen LogP contribution in [0.1, 0.15) is 45.4 Å². The Kier molecular flexibility index (Phi) is 5.13. The summed E-state index contributed by atoms with van der Waals surface area (Å²) >= 11 is 1.50. The summed E-state index contributed by atoms with van der Waals surface area (Å²) in [5.41, 5.74) is 0.0908. The van der Waals surface area contributed by atoms with E-state index in [-0.39, 0.29) is 11.3 Å². The smallest absolute Gasteiger partial charge is 0.241 e. The van der Waals surface area contributed by atoms with Crippen LogP contribution in [0.4, 0.5) is 0 Å². The highest BCUT2D eigenvalue weighted by molar-refractivity contribution is 7.89. The first-order chi connectivity index (χ1) is 9.70. The third kappa shape index (κ3) is 4.77. The van der Waals surface area contributed by atoms with E-state index in [4.69, 9.17) is 0 Å². The molecule has 1 heterocycles. The summed E-state index contributed by atoms with van der Waals surface area (Å²) in [5.74, 6) is 0.277. The van der Waals surface area contributed by atoms with Gasteiger partial charge in [-0.3, -0.25) is 0 Å². The van der Waals surface area contributed by atoms with E-state index < -0.39 is 10.0 Å². The SMILES string of the molecule is CC(CNS(=O)(=O)c1ccsc1CNC1CC1)C(C)(C)C. The molecule has 120 valence electrons. The van der Waals surface area contributed by atoms with Gasteiger partial charge in [0.25, 0.3) is 0 Å². The Morgan fingerprint density at radius 1 is 1.38 bits per heavy atom. The van der Waals surface area contributed by atoms with Crippen LogP contribution in [0.25, 0.3) is 0 Å². The highest BCUT2D eigenvalue weighted by Crippen LogP contribution is 2.27. The molecule has 0 bridgehead atoms. The van der Waals surface area contributed by atoms with E-state index >= 15 is 0 Å². The lowest BCUT2D eigenvalue weighted by atomic mass is 9.82. The summed E-state index contributed by atoms with van der Waals surface area (Å²) in [6.07, 6.45) is 2.41. The van der Waals surface area contributed by atoms with Gasteiger partial charge in [-0.2, -0.15) is 0 Å². The zero-order chi connectivity index (χ0) is 15.7. The second-order valence-corrected chi connectivity index (χ2v) is 9.72. The van der Waals surface area contributed by atoms with Crippen molar-refractivity contribution in [2.45, 2.75) is 58.0 Å². The van der Waals surface area contributed by atoms with Crippen LogP contribution in [0.15, 0.2) is 16.3 Å². The van der Waals surface area contributed by atoms with E-state index in [1.165, 1.54) is 24.2 Å². The Balaban J connectivity index is 2.00. The van der Waals surface area contributed by atoms with Crippen LogP contribution in [0.3, 0.4) is 0 Å². The van der Waals surface area contributed by atoms with E-state index in [9.17, 15) is 8.42 Å². The summed E-state index contributed by atoms with van der Waals surface area (Å²) < 4.78 is 27.7. The molecule has 2 rings (SSSR count). The molecule has 0 aromatic carbocycles. The van der Waals surface area contributed by atoms with Crippen molar-refractivity contribution in [3.63, 3.8) is 0 Å². The maximum absolute atomic E-state index is 12.5. The van der Waals surface area contributed by atoms with Gasteiger partial charge >= 0.3 is 0 Å². The van der Waals surface area contributed by atoms with Crippen LogP contribution < -0.4 is 10.0 Å². The van der Waals surface area contributed by atoms with Gasteiger partial charge < -0.3 is 5.32 Å². The third-order valence-corrected chi connectivity index (χ3v) is 6.74. The summed E-state index contributed by atoms with van der Waals surface area (Å²) in [4.78, 5) is 1.33. The van der Waals surface area contributed by atoms with Gasteiger partial charge in [-0.05, 0) is 35.6 Å². The van der Waals surface area contributed by atoms with Gasteiger partial charge in [-0.15, -0.1) is 11.3 Å². The molecule has 1 aliphatic carbocycles. The zero-order valence-corrected chi connectivity index (χ0v) is 14.9. The van der Waals surface area contributed by atoms with Crippen molar-refractivity contribution in [2.75, 3.05) is 6.54 Å². The number of thiophene rings is 1. The van der Waals surface area contributed by atoms with Gasteiger partial charge in [-0.25, -0.2) is 13.1 Å². The highest BCUT2D eigenvalue weighted by Gasteiger charge is 2.26. The molecule has 6 heteroatoms. The molecule has 0 saturated heterocycles. The van der Waals surface area contributed by atoms with E-state index in [0.29, 0.717) is 24.0 Å². The van der Waals surface area contributed by atoms with Crippen molar-refractivity contribution in [2.24, 2.45) is 11.3 Å². The predicted molar refractivity (Wildman–Crippen MR) is 88.0 cm³/mol. The Morgan fingerprint density at radius 2 is 2.05 bits per heavy atom. The minimum absolute atomic E-state index is 0.0908. The Hall–Kier alpha value is -0.430. The van der Waals surface area contributed by atoms with Gasteiger partial charge in [0.05, 0.1) is 4.90 Å². The molecule has 1 aromatic rings. The number of hydrogen-bond donors (Lipinski definition) is 2. The van der Waals surface area contributed by atoms with Crippen LogP contribution >= 0.6 is 11.3 Å². The normalized spacial score (nSPS) is 17.9. The second-order valence-electron chi connectivity index (χ2n) is 6.98. The van der Waals surface area contributed by atoms with Crippen molar-refractivity contribution in [3.8, 4) is 0 Å². The van der Waals surface area contributed by atoms with Crippen LogP contribution in [-0.2, 0) is 16.6 Å². The minimum atomic E-state index is -3.41. The Bertz CT molecular complexity index is 569. The van der Waals surface area contributed by atoms with Gasteiger partial charge in [0.15, 0.2) is 0 Å². The lowest BCUT2D eigenvalue weighted by Crippen LogP contribution is -2.34. The van der Waals surface area contributed by atoms with Crippen LogP contribution in [0.2, 0.25) is 0 Å². The number of rotatable bonds is 7. The first-order valence-corrected chi connectivity index (χ1v) is 9.86. The summed E-state index contributed by atoms with van der Waals surface area (Å²) in [7, 11) is -3.41. The van der Waals surface area contributed by atoms with E-state index in [0.717, 1.165) is 4.88 Å². The van der Waals surface area contributed by atoms with Crippen LogP contribution in [0.5, 0.6) is 0 Å². The van der Waals surface area contributed by atoms with Gasteiger partial charge in [0.1, 0.15) is 0 Å². The quantitative estimate of drug-likeness (QED) is 0.808. The first kappa shape index (κ1) is 16.9. The second kappa shape index (κ2) is 6.36. The lowest BCUT2D eigenvalue weighted by molar-refractivity contribution is 0.263. The van der Waals surface area contributed by atoms with Crippen LogP contribution in [-0.4, -0.2) is 21.0 Å². The minimum Gasteiger partial charge on any atom is -0.309 e. The van der Waals surface area contributed by atoms with E-state index in [2.05, 4.69) is 37.7 Å². The summed E-state index contributed by atoms with van der Waals surface area (Å²) in [6.45, 7) is 9.57. The van der Waals surface area contributed by atoms with Gasteiger partial charge in [-0.1, -0.05) is 27.7 Å². The highest BCUT2D eigenvalue weighted by atomic mass is 32.2. The fraction of sp³-hybridized carbons (Fsp3) is 0.733. The molecule has 2 N–H and O–H groups in total. The molecule has 1 unspecified atom stereocenters.